The minimum absolute atomic E-state index is 0.0113. The van der Waals surface area contributed by atoms with Crippen LogP contribution in [-0.4, -0.2) is 11.2 Å². The Bertz CT molecular complexity index is 700. The zero-order valence-corrected chi connectivity index (χ0v) is 15.7. The lowest BCUT2D eigenvalue weighted by molar-refractivity contribution is -0.0836. The van der Waals surface area contributed by atoms with E-state index < -0.39 is 0 Å². The molecule has 4 atom stereocenters. The summed E-state index contributed by atoms with van der Waals surface area (Å²) in [5.74, 6) is 3.36. The van der Waals surface area contributed by atoms with Gasteiger partial charge in [-0.05, 0) is 84.4 Å². The average Bonchev–Trinajstić information content (AvgIpc) is 2.44. The molecular weight excluding hydrogens is 296 g/mol. The number of benzene rings is 1. The molecule has 0 spiro atoms. The second-order valence-corrected chi connectivity index (χ2v) is 8.92. The zero-order chi connectivity index (χ0) is 17.1. The summed E-state index contributed by atoms with van der Waals surface area (Å²) < 4.78 is 13.1. The molecule has 2 nitrogen and oxygen atoms in total. The van der Waals surface area contributed by atoms with Crippen molar-refractivity contribution < 1.29 is 9.47 Å². The zero-order valence-electron chi connectivity index (χ0n) is 15.7. The van der Waals surface area contributed by atoms with Gasteiger partial charge in [0.25, 0.3) is 0 Å². The predicted octanol–water partition coefficient (Wildman–Crippen LogP) is 5.93. The van der Waals surface area contributed by atoms with E-state index in [0.717, 1.165) is 37.2 Å². The first kappa shape index (κ1) is 16.1. The van der Waals surface area contributed by atoms with E-state index in [1.165, 1.54) is 23.1 Å². The number of allylic oxidation sites excluding steroid dienone is 2. The van der Waals surface area contributed by atoms with Gasteiger partial charge in [-0.1, -0.05) is 11.6 Å². The second kappa shape index (κ2) is 5.28. The fourth-order valence-corrected chi connectivity index (χ4v) is 5.24. The van der Waals surface area contributed by atoms with Crippen molar-refractivity contribution in [2.45, 2.75) is 83.8 Å². The fraction of sp³-hybridized carbons (Fsp3) is 0.636. The average molecular weight is 326 g/mol. The van der Waals surface area contributed by atoms with Gasteiger partial charge in [0.05, 0.1) is 0 Å². The summed E-state index contributed by atoms with van der Waals surface area (Å²) in [5.41, 5.74) is 3.93. The molecule has 4 rings (SSSR count). The number of fused-ring (bicyclic) bond motifs is 1. The van der Waals surface area contributed by atoms with Crippen molar-refractivity contribution in [1.82, 2.24) is 0 Å². The summed E-state index contributed by atoms with van der Waals surface area (Å²) in [5, 5.41) is 0. The number of aryl methyl sites for hydroxylation is 1. The molecule has 2 heterocycles. The van der Waals surface area contributed by atoms with Crippen molar-refractivity contribution in [2.75, 3.05) is 0 Å². The summed E-state index contributed by atoms with van der Waals surface area (Å²) in [4.78, 5) is 0. The molecule has 2 heteroatoms. The minimum atomic E-state index is -0.0622. The van der Waals surface area contributed by atoms with Crippen LogP contribution < -0.4 is 9.47 Å². The maximum atomic E-state index is 6.68. The minimum Gasteiger partial charge on any atom is -0.487 e. The van der Waals surface area contributed by atoms with Gasteiger partial charge < -0.3 is 9.47 Å². The third-order valence-electron chi connectivity index (χ3n) is 6.42. The van der Waals surface area contributed by atoms with Crippen LogP contribution in [0.3, 0.4) is 0 Å². The summed E-state index contributed by atoms with van der Waals surface area (Å²) in [7, 11) is 0. The van der Waals surface area contributed by atoms with Gasteiger partial charge in [-0.2, -0.15) is 0 Å². The van der Waals surface area contributed by atoms with Crippen molar-refractivity contribution >= 4 is 0 Å². The molecule has 0 N–H and O–H groups in total. The molecule has 130 valence electrons. The number of hydrogen-bond donors (Lipinski definition) is 0. The van der Waals surface area contributed by atoms with Crippen LogP contribution in [0.2, 0.25) is 0 Å². The van der Waals surface area contributed by atoms with Gasteiger partial charge in [0, 0.05) is 17.4 Å². The molecule has 0 radical (unpaired) electrons. The van der Waals surface area contributed by atoms with Crippen molar-refractivity contribution in [3.8, 4) is 11.5 Å². The molecule has 2 aliphatic heterocycles. The van der Waals surface area contributed by atoms with E-state index in [9.17, 15) is 0 Å². The third-order valence-corrected chi connectivity index (χ3v) is 6.42. The van der Waals surface area contributed by atoms with Crippen LogP contribution in [-0.2, 0) is 0 Å². The van der Waals surface area contributed by atoms with Crippen molar-refractivity contribution in [3.05, 3.63) is 34.9 Å². The molecule has 3 aliphatic rings. The first-order valence-electron chi connectivity index (χ1n) is 9.46. The summed E-state index contributed by atoms with van der Waals surface area (Å²) in [6.07, 6.45) is 8.03. The Hall–Kier alpha value is -1.44. The van der Waals surface area contributed by atoms with Crippen LogP contribution in [0.15, 0.2) is 23.8 Å². The van der Waals surface area contributed by atoms with E-state index >= 15 is 0 Å². The first-order chi connectivity index (χ1) is 11.3. The van der Waals surface area contributed by atoms with Gasteiger partial charge in [-0.25, -0.2) is 0 Å². The van der Waals surface area contributed by atoms with Gasteiger partial charge in [0.15, 0.2) is 0 Å². The van der Waals surface area contributed by atoms with E-state index in [-0.39, 0.29) is 11.2 Å². The molecule has 1 aliphatic carbocycles. The molecule has 0 amide bonds. The molecular formula is C22H30O2. The maximum Gasteiger partial charge on any atom is 0.127 e. The topological polar surface area (TPSA) is 18.5 Å². The molecule has 2 bridgehead atoms. The van der Waals surface area contributed by atoms with Crippen LogP contribution in [0.4, 0.5) is 0 Å². The summed E-state index contributed by atoms with van der Waals surface area (Å²) >= 11 is 0. The van der Waals surface area contributed by atoms with Crippen molar-refractivity contribution in [2.24, 2.45) is 5.92 Å². The van der Waals surface area contributed by atoms with Gasteiger partial charge >= 0.3 is 0 Å². The lowest BCUT2D eigenvalue weighted by Crippen LogP contribution is -2.55. The Morgan fingerprint density at radius 3 is 2.62 bits per heavy atom. The Morgan fingerprint density at radius 1 is 1.21 bits per heavy atom. The Labute approximate surface area is 146 Å². The summed E-state index contributed by atoms with van der Waals surface area (Å²) in [6, 6.07) is 4.43. The largest absolute Gasteiger partial charge is 0.487 e. The van der Waals surface area contributed by atoms with E-state index in [4.69, 9.17) is 9.47 Å². The first-order valence-corrected chi connectivity index (χ1v) is 9.46. The Kier molecular flexibility index (Phi) is 3.53. The van der Waals surface area contributed by atoms with Crippen LogP contribution >= 0.6 is 0 Å². The normalized spacial score (nSPS) is 35.7. The van der Waals surface area contributed by atoms with E-state index in [0.29, 0.717) is 11.8 Å². The lowest BCUT2D eigenvalue weighted by atomic mass is 9.60. The molecule has 1 fully saturated rings. The molecule has 24 heavy (non-hydrogen) atoms. The monoisotopic (exact) mass is 326 g/mol. The van der Waals surface area contributed by atoms with Crippen molar-refractivity contribution in [1.29, 1.82) is 0 Å². The molecule has 1 aromatic carbocycles. The summed E-state index contributed by atoms with van der Waals surface area (Å²) in [6.45, 7) is 11.1. The van der Waals surface area contributed by atoms with E-state index in [1.807, 2.05) is 0 Å². The van der Waals surface area contributed by atoms with Crippen LogP contribution in [0.1, 0.15) is 76.8 Å². The SMILES string of the molecule is CC(C)=CCC[C@]1(C)Oc2cc(C)cc3c2[C@@H]2C[C@@](C)(CC[C@@H]21)O3. The van der Waals surface area contributed by atoms with Crippen LogP contribution in [0.5, 0.6) is 11.5 Å². The highest BCUT2D eigenvalue weighted by Gasteiger charge is 2.55. The Morgan fingerprint density at radius 2 is 1.92 bits per heavy atom. The fourth-order valence-electron chi connectivity index (χ4n) is 5.24. The lowest BCUT2D eigenvalue weighted by Gasteiger charge is -2.56. The van der Waals surface area contributed by atoms with Gasteiger partial charge in [-0.15, -0.1) is 0 Å². The number of rotatable bonds is 3. The second-order valence-electron chi connectivity index (χ2n) is 8.92. The molecule has 1 aromatic rings. The smallest absolute Gasteiger partial charge is 0.127 e. The van der Waals surface area contributed by atoms with Crippen LogP contribution in [0, 0.1) is 12.8 Å². The van der Waals surface area contributed by atoms with Gasteiger partial charge in [-0.3, -0.25) is 0 Å². The van der Waals surface area contributed by atoms with Crippen molar-refractivity contribution in [3.63, 3.8) is 0 Å². The van der Waals surface area contributed by atoms with Crippen LogP contribution in [0.25, 0.3) is 0 Å². The van der Waals surface area contributed by atoms with Gasteiger partial charge in [0.2, 0.25) is 0 Å². The number of hydrogen-bond acceptors (Lipinski definition) is 2. The number of ether oxygens (including phenoxy) is 2. The standard InChI is InChI=1S/C22H30O2/c1-14(2)7-6-9-22(5)17-8-10-21(4)13-16(17)20-18(23-21)11-15(3)12-19(20)24-22/h7,11-12,16-17H,6,8-10,13H2,1-5H3/t16-,17+,21-,22+/m1/s1. The molecule has 0 saturated heterocycles. The highest BCUT2D eigenvalue weighted by Crippen LogP contribution is 2.61. The third kappa shape index (κ3) is 2.46. The predicted molar refractivity (Wildman–Crippen MR) is 98.0 cm³/mol. The highest BCUT2D eigenvalue weighted by molar-refractivity contribution is 5.54. The maximum absolute atomic E-state index is 6.68. The molecule has 0 aromatic heterocycles. The Balaban J connectivity index is 1.76. The van der Waals surface area contributed by atoms with E-state index in [1.54, 1.807) is 0 Å². The quantitative estimate of drug-likeness (QED) is 0.641. The highest BCUT2D eigenvalue weighted by atomic mass is 16.5. The van der Waals surface area contributed by atoms with E-state index in [2.05, 4.69) is 52.8 Å². The molecule has 1 saturated carbocycles. The van der Waals surface area contributed by atoms with Gasteiger partial charge in [0.1, 0.15) is 22.7 Å². The molecule has 0 unspecified atom stereocenters.